The first-order valence-electron chi connectivity index (χ1n) is 6.19. The molecule has 1 aromatic heterocycles. The number of fused-ring (bicyclic) bond motifs is 2. The highest BCUT2D eigenvalue weighted by atomic mass is 35.5. The molecule has 16 heavy (non-hydrogen) atoms. The zero-order valence-electron chi connectivity index (χ0n) is 9.71. The molecular weight excluding hydrogens is 238 g/mol. The summed E-state index contributed by atoms with van der Waals surface area (Å²) in [4.78, 5) is 4.61. The fourth-order valence-corrected chi connectivity index (χ4v) is 4.87. The van der Waals surface area contributed by atoms with Crippen LogP contribution in [0.3, 0.4) is 0 Å². The fourth-order valence-electron chi connectivity index (χ4n) is 3.84. The summed E-state index contributed by atoms with van der Waals surface area (Å²) in [5.41, 5.74) is 1.65. The highest BCUT2D eigenvalue weighted by molar-refractivity contribution is 7.09. The summed E-state index contributed by atoms with van der Waals surface area (Å²) in [5, 5.41) is 3.40. The van der Waals surface area contributed by atoms with Crippen molar-refractivity contribution in [1.82, 2.24) is 4.98 Å². The summed E-state index contributed by atoms with van der Waals surface area (Å²) in [5.74, 6) is 2.66. The molecule has 3 unspecified atom stereocenters. The number of hydrogen-bond donors (Lipinski definition) is 0. The van der Waals surface area contributed by atoms with Gasteiger partial charge >= 0.3 is 0 Å². The van der Waals surface area contributed by atoms with Crippen LogP contribution in [0.25, 0.3) is 0 Å². The van der Waals surface area contributed by atoms with Gasteiger partial charge in [0.1, 0.15) is 0 Å². The predicted molar refractivity (Wildman–Crippen MR) is 69.2 cm³/mol. The second-order valence-electron chi connectivity index (χ2n) is 5.61. The average molecular weight is 256 g/mol. The van der Waals surface area contributed by atoms with Gasteiger partial charge < -0.3 is 0 Å². The Balaban J connectivity index is 1.81. The lowest BCUT2D eigenvalue weighted by Crippen LogP contribution is -2.32. The van der Waals surface area contributed by atoms with Gasteiger partial charge in [0.15, 0.2) is 0 Å². The lowest BCUT2D eigenvalue weighted by molar-refractivity contribution is 0.191. The molecule has 0 spiro atoms. The van der Waals surface area contributed by atoms with Crippen LogP contribution >= 0.6 is 22.9 Å². The molecule has 0 aliphatic heterocycles. The first-order valence-corrected chi connectivity index (χ1v) is 7.60. The van der Waals surface area contributed by atoms with Gasteiger partial charge in [-0.15, -0.1) is 22.9 Å². The monoisotopic (exact) mass is 255 g/mol. The van der Waals surface area contributed by atoms with Crippen molar-refractivity contribution < 1.29 is 0 Å². The Kier molecular flexibility index (Phi) is 2.75. The average Bonchev–Trinajstić information content (AvgIpc) is 2.94. The van der Waals surface area contributed by atoms with Crippen molar-refractivity contribution in [2.24, 2.45) is 17.3 Å². The van der Waals surface area contributed by atoms with Crippen LogP contribution in [0, 0.1) is 24.2 Å². The van der Waals surface area contributed by atoms with Crippen LogP contribution in [0.2, 0.25) is 0 Å². The fraction of sp³-hybridized carbons (Fsp3) is 0.769. The summed E-state index contributed by atoms with van der Waals surface area (Å²) < 4.78 is 0. The molecule has 0 aromatic carbocycles. The molecule has 3 heteroatoms. The van der Waals surface area contributed by atoms with E-state index in [0.717, 1.165) is 24.1 Å². The van der Waals surface area contributed by atoms with E-state index in [1.807, 2.05) is 0 Å². The minimum absolute atomic E-state index is 0.380. The van der Waals surface area contributed by atoms with E-state index in [4.69, 9.17) is 11.6 Å². The summed E-state index contributed by atoms with van der Waals surface area (Å²) in [6.45, 7) is 2.09. The Hall–Kier alpha value is -0.0800. The van der Waals surface area contributed by atoms with Gasteiger partial charge in [-0.2, -0.15) is 0 Å². The van der Waals surface area contributed by atoms with Crippen molar-refractivity contribution in [3.05, 3.63) is 16.1 Å². The number of hydrogen-bond acceptors (Lipinski definition) is 2. The third-order valence-corrected chi connectivity index (χ3v) is 5.92. The quantitative estimate of drug-likeness (QED) is 0.743. The van der Waals surface area contributed by atoms with Gasteiger partial charge in [-0.1, -0.05) is 6.42 Å². The van der Waals surface area contributed by atoms with Crippen molar-refractivity contribution >= 4 is 22.9 Å². The second-order valence-corrected chi connectivity index (χ2v) is 6.94. The summed E-state index contributed by atoms with van der Waals surface area (Å²) in [7, 11) is 0. The van der Waals surface area contributed by atoms with Gasteiger partial charge in [0.05, 0.1) is 10.7 Å². The van der Waals surface area contributed by atoms with Gasteiger partial charge in [0.25, 0.3) is 0 Å². The molecule has 3 rings (SSSR count). The van der Waals surface area contributed by atoms with Gasteiger partial charge in [0, 0.05) is 11.3 Å². The van der Waals surface area contributed by atoms with Crippen LogP contribution in [0.1, 0.15) is 36.4 Å². The van der Waals surface area contributed by atoms with Gasteiger partial charge in [-0.3, -0.25) is 0 Å². The number of alkyl halides is 1. The van der Waals surface area contributed by atoms with Gasteiger partial charge in [-0.05, 0) is 49.9 Å². The maximum Gasteiger partial charge on any atom is 0.0897 e. The van der Waals surface area contributed by atoms with E-state index in [-0.39, 0.29) is 0 Å². The van der Waals surface area contributed by atoms with Gasteiger partial charge in [-0.25, -0.2) is 4.98 Å². The van der Waals surface area contributed by atoms with E-state index >= 15 is 0 Å². The maximum atomic E-state index is 6.29. The molecule has 1 heterocycles. The Morgan fingerprint density at radius 1 is 1.56 bits per heavy atom. The SMILES string of the molecule is Cc1nc(CC2(CCl)CC3CCC2C3)cs1. The Labute approximate surface area is 106 Å². The number of thiazole rings is 1. The lowest BCUT2D eigenvalue weighted by Gasteiger charge is -2.35. The standard InChI is InChI=1S/C13H18ClNS/c1-9-15-12(7-16-9)6-13(8-14)5-10-2-3-11(13)4-10/h7,10-11H,2-6,8H2,1H3. The van der Waals surface area contributed by atoms with E-state index in [9.17, 15) is 0 Å². The Bertz CT molecular complexity index is 389. The third-order valence-electron chi connectivity index (χ3n) is 4.57. The molecule has 2 bridgehead atoms. The van der Waals surface area contributed by atoms with E-state index in [1.54, 1.807) is 11.3 Å². The summed E-state index contributed by atoms with van der Waals surface area (Å²) >= 11 is 8.05. The maximum absolute atomic E-state index is 6.29. The van der Waals surface area contributed by atoms with E-state index in [1.165, 1.54) is 36.4 Å². The highest BCUT2D eigenvalue weighted by Crippen LogP contribution is 2.57. The van der Waals surface area contributed by atoms with Crippen LogP contribution in [0.5, 0.6) is 0 Å². The molecule has 0 N–H and O–H groups in total. The van der Waals surface area contributed by atoms with E-state index in [2.05, 4.69) is 17.3 Å². The summed E-state index contributed by atoms with van der Waals surface area (Å²) in [6.07, 6.45) is 6.73. The molecule has 2 aliphatic carbocycles. The second kappa shape index (κ2) is 3.99. The third kappa shape index (κ3) is 1.70. The van der Waals surface area contributed by atoms with Crippen molar-refractivity contribution in [2.45, 2.75) is 39.0 Å². The van der Waals surface area contributed by atoms with Crippen molar-refractivity contribution in [3.63, 3.8) is 0 Å². The molecular formula is C13H18ClNS. The molecule has 0 amide bonds. The minimum Gasteiger partial charge on any atom is -0.247 e. The van der Waals surface area contributed by atoms with Crippen LogP contribution in [-0.2, 0) is 6.42 Å². The highest BCUT2D eigenvalue weighted by Gasteiger charge is 2.50. The van der Waals surface area contributed by atoms with Crippen molar-refractivity contribution in [3.8, 4) is 0 Å². The normalized spacial score (nSPS) is 37.1. The molecule has 2 aliphatic rings. The Morgan fingerprint density at radius 3 is 2.94 bits per heavy atom. The molecule has 2 fully saturated rings. The molecule has 0 radical (unpaired) electrons. The first-order chi connectivity index (χ1) is 7.72. The molecule has 88 valence electrons. The van der Waals surface area contributed by atoms with Crippen LogP contribution in [-0.4, -0.2) is 10.9 Å². The number of aryl methyl sites for hydroxylation is 1. The van der Waals surface area contributed by atoms with Crippen LogP contribution in [0.4, 0.5) is 0 Å². The van der Waals surface area contributed by atoms with Crippen LogP contribution in [0.15, 0.2) is 5.38 Å². The zero-order valence-corrected chi connectivity index (χ0v) is 11.3. The number of halogens is 1. The molecule has 1 nitrogen and oxygen atoms in total. The van der Waals surface area contributed by atoms with E-state index < -0.39 is 0 Å². The number of nitrogens with zero attached hydrogens (tertiary/aromatic N) is 1. The summed E-state index contributed by atoms with van der Waals surface area (Å²) in [6, 6.07) is 0. The predicted octanol–water partition coefficient (Wildman–Crippen LogP) is 4.04. The largest absolute Gasteiger partial charge is 0.247 e. The topological polar surface area (TPSA) is 12.9 Å². The smallest absolute Gasteiger partial charge is 0.0897 e. The van der Waals surface area contributed by atoms with Gasteiger partial charge in [0.2, 0.25) is 0 Å². The number of rotatable bonds is 3. The number of aromatic nitrogens is 1. The first kappa shape index (κ1) is 11.0. The molecule has 3 atom stereocenters. The lowest BCUT2D eigenvalue weighted by atomic mass is 9.72. The molecule has 2 saturated carbocycles. The van der Waals surface area contributed by atoms with Crippen LogP contribution < -0.4 is 0 Å². The zero-order chi connectivity index (χ0) is 11.2. The minimum atomic E-state index is 0.380. The van der Waals surface area contributed by atoms with Crippen molar-refractivity contribution in [1.29, 1.82) is 0 Å². The Morgan fingerprint density at radius 2 is 2.44 bits per heavy atom. The van der Waals surface area contributed by atoms with E-state index in [0.29, 0.717) is 5.41 Å². The van der Waals surface area contributed by atoms with Crippen molar-refractivity contribution in [2.75, 3.05) is 5.88 Å². The molecule has 1 aromatic rings. The molecule has 0 saturated heterocycles.